The van der Waals surface area contributed by atoms with Crippen molar-refractivity contribution in [3.63, 3.8) is 0 Å². The van der Waals surface area contributed by atoms with Crippen LogP contribution in [0.25, 0.3) is 33.5 Å². The molecule has 10 heteroatoms. The van der Waals surface area contributed by atoms with Gasteiger partial charge in [-0.25, -0.2) is 15.0 Å². The maximum absolute atomic E-state index is 12.3. The molecule has 0 aliphatic heterocycles. The predicted molar refractivity (Wildman–Crippen MR) is 105 cm³/mol. The number of imidazole rings is 1. The third-order valence-corrected chi connectivity index (χ3v) is 4.63. The molecule has 29 heavy (non-hydrogen) atoms. The van der Waals surface area contributed by atoms with Crippen LogP contribution in [-0.2, 0) is 0 Å². The van der Waals surface area contributed by atoms with E-state index < -0.39 is 12.6 Å². The number of pyridine rings is 1. The number of hydrogen-bond acceptors (Lipinski definition) is 5. The summed E-state index contributed by atoms with van der Waals surface area (Å²) in [5.41, 5.74) is 3.72. The number of nitrogens with one attached hydrogen (secondary N) is 2. The van der Waals surface area contributed by atoms with E-state index in [1.54, 1.807) is 12.4 Å². The molecular weight excluding hydrogens is 383 g/mol. The highest BCUT2D eigenvalue weighted by atomic mass is 19.4. The number of H-pyrrole nitrogens is 1. The minimum atomic E-state index is -4.22. The third kappa shape index (κ3) is 3.74. The monoisotopic (exact) mass is 403 g/mol. The zero-order valence-corrected chi connectivity index (χ0v) is 16.2. The number of hydrogen-bond donors (Lipinski definition) is 2. The smallest absolute Gasteiger partial charge is 0.354 e. The summed E-state index contributed by atoms with van der Waals surface area (Å²) in [6, 6.07) is 4.03. The van der Waals surface area contributed by atoms with Crippen molar-refractivity contribution in [2.75, 3.05) is 11.9 Å². The molecule has 0 aliphatic rings. The quantitative estimate of drug-likeness (QED) is 0.508. The van der Waals surface area contributed by atoms with E-state index in [9.17, 15) is 13.2 Å². The second kappa shape index (κ2) is 7.02. The zero-order chi connectivity index (χ0) is 20.8. The van der Waals surface area contributed by atoms with Crippen molar-refractivity contribution in [1.82, 2.24) is 29.5 Å². The predicted octanol–water partition coefficient (Wildman–Crippen LogP) is 4.62. The molecule has 4 rings (SSSR count). The summed E-state index contributed by atoms with van der Waals surface area (Å²) in [7, 11) is 0. The average Bonchev–Trinajstić information content (AvgIpc) is 3.19. The van der Waals surface area contributed by atoms with Gasteiger partial charge < -0.3 is 14.9 Å². The fourth-order valence-electron chi connectivity index (χ4n) is 3.38. The van der Waals surface area contributed by atoms with E-state index in [1.165, 1.54) is 0 Å². The van der Waals surface area contributed by atoms with Crippen molar-refractivity contribution in [3.8, 4) is 11.3 Å². The van der Waals surface area contributed by atoms with E-state index in [-0.39, 0.29) is 18.5 Å². The number of halogens is 3. The lowest BCUT2D eigenvalue weighted by Crippen LogP contribution is -2.15. The summed E-state index contributed by atoms with van der Waals surface area (Å²) < 4.78 is 39.0. The van der Waals surface area contributed by atoms with Crippen LogP contribution in [-0.4, -0.2) is 42.2 Å². The number of aryl methyl sites for hydroxylation is 1. The van der Waals surface area contributed by atoms with E-state index in [0.717, 1.165) is 33.6 Å². The van der Waals surface area contributed by atoms with Crippen molar-refractivity contribution in [2.45, 2.75) is 39.4 Å². The summed E-state index contributed by atoms with van der Waals surface area (Å²) in [4.78, 5) is 20.8. The molecule has 4 aromatic rings. The van der Waals surface area contributed by atoms with E-state index in [1.807, 2.05) is 19.1 Å². The van der Waals surface area contributed by atoms with Gasteiger partial charge in [-0.1, -0.05) is 0 Å². The fraction of sp³-hybridized carbons (Fsp3) is 0.368. The van der Waals surface area contributed by atoms with Gasteiger partial charge in [-0.15, -0.1) is 0 Å². The highest BCUT2D eigenvalue weighted by molar-refractivity contribution is 5.93. The molecular formula is C19H20F3N7. The Morgan fingerprint density at radius 1 is 1.17 bits per heavy atom. The summed E-state index contributed by atoms with van der Waals surface area (Å²) >= 11 is 0. The Morgan fingerprint density at radius 2 is 1.97 bits per heavy atom. The highest BCUT2D eigenvalue weighted by Gasteiger charge is 2.26. The van der Waals surface area contributed by atoms with Crippen LogP contribution < -0.4 is 5.32 Å². The van der Waals surface area contributed by atoms with Crippen LogP contribution in [0.5, 0.6) is 0 Å². The normalized spacial score (nSPS) is 12.4. The van der Waals surface area contributed by atoms with Crippen LogP contribution >= 0.6 is 0 Å². The minimum Gasteiger partial charge on any atom is -0.354 e. The molecule has 0 bridgehead atoms. The molecule has 7 nitrogen and oxygen atoms in total. The van der Waals surface area contributed by atoms with Crippen LogP contribution in [0.1, 0.15) is 32.1 Å². The van der Waals surface area contributed by atoms with E-state index >= 15 is 0 Å². The van der Waals surface area contributed by atoms with Crippen molar-refractivity contribution in [1.29, 1.82) is 0 Å². The number of alkyl halides is 3. The van der Waals surface area contributed by atoms with E-state index in [4.69, 9.17) is 4.98 Å². The Labute approximate surface area is 164 Å². The SMILES string of the molecule is Cc1nc2ccc(-c3c[nH]c4nc(NCCC(F)(F)F)ncc34)nc2n1C(C)C. The lowest BCUT2D eigenvalue weighted by molar-refractivity contribution is -0.131. The number of fused-ring (bicyclic) bond motifs is 2. The van der Waals surface area contributed by atoms with Gasteiger partial charge >= 0.3 is 6.18 Å². The second-order valence-electron chi connectivity index (χ2n) is 7.11. The maximum Gasteiger partial charge on any atom is 0.390 e. The molecule has 0 atom stereocenters. The highest BCUT2D eigenvalue weighted by Crippen LogP contribution is 2.29. The Balaban J connectivity index is 1.67. The van der Waals surface area contributed by atoms with Gasteiger partial charge in [-0.2, -0.15) is 18.2 Å². The van der Waals surface area contributed by atoms with Crippen LogP contribution in [0.15, 0.2) is 24.5 Å². The van der Waals surface area contributed by atoms with Crippen molar-refractivity contribution in [2.24, 2.45) is 0 Å². The summed E-state index contributed by atoms with van der Waals surface area (Å²) in [5.74, 6) is 1.04. The van der Waals surface area contributed by atoms with Crippen LogP contribution in [0.4, 0.5) is 19.1 Å². The van der Waals surface area contributed by atoms with Crippen molar-refractivity contribution >= 4 is 28.1 Å². The molecule has 0 unspecified atom stereocenters. The first kappa shape index (κ1) is 19.2. The van der Waals surface area contributed by atoms with Gasteiger partial charge in [-0.3, -0.25) is 0 Å². The van der Waals surface area contributed by atoms with Crippen LogP contribution in [0, 0.1) is 6.92 Å². The number of rotatable bonds is 5. The molecule has 0 amide bonds. The van der Waals surface area contributed by atoms with E-state index in [2.05, 4.69) is 43.7 Å². The summed E-state index contributed by atoms with van der Waals surface area (Å²) in [6.07, 6.45) is -1.81. The summed E-state index contributed by atoms with van der Waals surface area (Å²) in [6.45, 7) is 5.83. The van der Waals surface area contributed by atoms with Crippen LogP contribution in [0.2, 0.25) is 0 Å². The van der Waals surface area contributed by atoms with Gasteiger partial charge in [0.05, 0.1) is 12.1 Å². The standard InChI is InChI=1S/C19H20F3N7/c1-10(2)29-11(3)26-15-5-4-14(27-17(15)29)12-8-24-16-13(12)9-25-18(28-16)23-7-6-19(20,21)22/h4-5,8-10H,6-7H2,1-3H3,(H2,23,24,25,28). The molecule has 0 saturated carbocycles. The van der Waals surface area contributed by atoms with Gasteiger partial charge in [0.1, 0.15) is 17.0 Å². The van der Waals surface area contributed by atoms with Gasteiger partial charge in [0, 0.05) is 35.9 Å². The molecule has 0 fully saturated rings. The van der Waals surface area contributed by atoms with E-state index in [0.29, 0.717) is 5.65 Å². The molecule has 0 radical (unpaired) electrons. The first-order chi connectivity index (χ1) is 13.7. The fourth-order valence-corrected chi connectivity index (χ4v) is 3.38. The first-order valence-corrected chi connectivity index (χ1v) is 9.23. The molecule has 4 heterocycles. The minimum absolute atomic E-state index is 0.145. The molecule has 0 saturated heterocycles. The van der Waals surface area contributed by atoms with Gasteiger partial charge in [-0.05, 0) is 32.9 Å². The molecule has 0 aliphatic carbocycles. The Kier molecular flexibility index (Phi) is 4.64. The number of nitrogens with zero attached hydrogens (tertiary/aromatic N) is 5. The molecule has 152 valence electrons. The second-order valence-corrected chi connectivity index (χ2v) is 7.11. The molecule has 0 spiro atoms. The van der Waals surface area contributed by atoms with Gasteiger partial charge in [0.15, 0.2) is 5.65 Å². The molecule has 0 aromatic carbocycles. The van der Waals surface area contributed by atoms with Crippen molar-refractivity contribution in [3.05, 3.63) is 30.4 Å². The third-order valence-electron chi connectivity index (χ3n) is 4.63. The Hall–Kier alpha value is -3.17. The average molecular weight is 403 g/mol. The Bertz CT molecular complexity index is 1170. The lowest BCUT2D eigenvalue weighted by Gasteiger charge is -2.10. The number of aromatic nitrogens is 6. The largest absolute Gasteiger partial charge is 0.390 e. The number of aromatic amines is 1. The summed E-state index contributed by atoms with van der Waals surface area (Å²) in [5, 5.41) is 3.34. The maximum atomic E-state index is 12.3. The molecule has 2 N–H and O–H groups in total. The lowest BCUT2D eigenvalue weighted by atomic mass is 10.1. The van der Waals surface area contributed by atoms with Gasteiger partial charge in [0.25, 0.3) is 0 Å². The van der Waals surface area contributed by atoms with Crippen molar-refractivity contribution < 1.29 is 13.2 Å². The Morgan fingerprint density at radius 3 is 2.69 bits per heavy atom. The van der Waals surface area contributed by atoms with Crippen LogP contribution in [0.3, 0.4) is 0 Å². The first-order valence-electron chi connectivity index (χ1n) is 9.23. The van der Waals surface area contributed by atoms with Gasteiger partial charge in [0.2, 0.25) is 5.95 Å². The zero-order valence-electron chi connectivity index (χ0n) is 16.2. The topological polar surface area (TPSA) is 84.3 Å². The molecule has 4 aromatic heterocycles. The number of anilines is 1.